The van der Waals surface area contributed by atoms with Gasteiger partial charge in [0, 0.05) is 11.0 Å². The van der Waals surface area contributed by atoms with Crippen molar-refractivity contribution in [3.8, 4) is 6.07 Å². The topological polar surface area (TPSA) is 62.1 Å². The van der Waals surface area contributed by atoms with E-state index in [0.717, 1.165) is 16.5 Å². The average Bonchev–Trinajstić information content (AvgIpc) is 2.28. The van der Waals surface area contributed by atoms with Crippen LogP contribution < -0.4 is 5.32 Å². The second-order valence-corrected chi connectivity index (χ2v) is 5.24. The van der Waals surface area contributed by atoms with Gasteiger partial charge in [-0.15, -0.1) is 0 Å². The number of carbonyl (C=O) groups is 1. The van der Waals surface area contributed by atoms with E-state index in [1.165, 1.54) is 0 Å². The van der Waals surface area contributed by atoms with Crippen LogP contribution in [-0.2, 0) is 16.0 Å². The Hall–Kier alpha value is -1.38. The first-order valence-electron chi connectivity index (χ1n) is 5.68. The molecular weight excluding hydrogens is 296 g/mol. The van der Waals surface area contributed by atoms with Crippen molar-refractivity contribution in [1.29, 1.82) is 5.26 Å². The minimum absolute atomic E-state index is 0.201. The van der Waals surface area contributed by atoms with Crippen LogP contribution in [0, 0.1) is 16.7 Å². The lowest BCUT2D eigenvalue weighted by Crippen LogP contribution is -2.53. The van der Waals surface area contributed by atoms with Gasteiger partial charge in [0.05, 0.1) is 19.3 Å². The first-order valence-corrected chi connectivity index (χ1v) is 6.47. The fourth-order valence-electron chi connectivity index (χ4n) is 1.73. The summed E-state index contributed by atoms with van der Waals surface area (Å²) < 4.78 is 5.96. The number of rotatable bonds is 4. The van der Waals surface area contributed by atoms with Gasteiger partial charge < -0.3 is 10.1 Å². The van der Waals surface area contributed by atoms with Crippen molar-refractivity contribution in [2.75, 3.05) is 19.8 Å². The summed E-state index contributed by atoms with van der Waals surface area (Å²) in [5.74, 6) is -0.230. The second-order valence-electron chi connectivity index (χ2n) is 4.32. The second kappa shape index (κ2) is 5.51. The molecule has 1 amide bonds. The molecule has 2 rings (SSSR count). The highest BCUT2D eigenvalue weighted by atomic mass is 79.9. The Morgan fingerprint density at radius 3 is 2.89 bits per heavy atom. The monoisotopic (exact) mass is 308 g/mol. The molecule has 18 heavy (non-hydrogen) atoms. The van der Waals surface area contributed by atoms with Crippen molar-refractivity contribution in [1.82, 2.24) is 5.32 Å². The summed E-state index contributed by atoms with van der Waals surface area (Å²) in [6.07, 6.45) is 0.744. The number of halogens is 1. The van der Waals surface area contributed by atoms with Crippen molar-refractivity contribution in [2.45, 2.75) is 6.42 Å². The van der Waals surface area contributed by atoms with Gasteiger partial charge in [0.2, 0.25) is 5.91 Å². The lowest BCUT2D eigenvalue weighted by molar-refractivity contribution is -0.149. The van der Waals surface area contributed by atoms with Gasteiger partial charge in [-0.3, -0.25) is 4.79 Å². The molecule has 1 aliphatic heterocycles. The first-order chi connectivity index (χ1) is 8.66. The summed E-state index contributed by atoms with van der Waals surface area (Å²) in [6, 6.07) is 9.96. The van der Waals surface area contributed by atoms with Gasteiger partial charge in [-0.05, 0) is 24.1 Å². The molecule has 1 aromatic rings. The summed E-state index contributed by atoms with van der Waals surface area (Å²) in [5.41, 5.74) is 0.178. The van der Waals surface area contributed by atoms with E-state index in [-0.39, 0.29) is 19.1 Å². The third-order valence-corrected chi connectivity index (χ3v) is 3.43. The molecule has 1 saturated heterocycles. The van der Waals surface area contributed by atoms with Gasteiger partial charge in [0.25, 0.3) is 0 Å². The molecule has 0 aliphatic carbocycles. The molecular formula is C13H13BrN2O2. The van der Waals surface area contributed by atoms with Crippen molar-refractivity contribution < 1.29 is 9.53 Å². The van der Waals surface area contributed by atoms with Crippen LogP contribution in [0.1, 0.15) is 5.56 Å². The number of hydrogen-bond acceptors (Lipinski definition) is 3. The van der Waals surface area contributed by atoms with E-state index in [0.29, 0.717) is 6.54 Å². The van der Waals surface area contributed by atoms with Crippen LogP contribution >= 0.6 is 15.9 Å². The Morgan fingerprint density at radius 2 is 2.33 bits per heavy atom. The molecule has 1 aliphatic rings. The Kier molecular flexibility index (Phi) is 4.00. The summed E-state index contributed by atoms with van der Waals surface area (Å²) >= 11 is 3.40. The van der Waals surface area contributed by atoms with Gasteiger partial charge in [0.1, 0.15) is 0 Å². The van der Waals surface area contributed by atoms with E-state index >= 15 is 0 Å². The molecule has 0 saturated carbocycles. The molecule has 0 radical (unpaired) electrons. The maximum Gasteiger partial charge on any atom is 0.245 e. The highest BCUT2D eigenvalue weighted by Crippen LogP contribution is 2.26. The molecule has 5 heteroatoms. The molecule has 0 atom stereocenters. The quantitative estimate of drug-likeness (QED) is 0.920. The predicted molar refractivity (Wildman–Crippen MR) is 69.7 cm³/mol. The van der Waals surface area contributed by atoms with Gasteiger partial charge in [0.15, 0.2) is 5.41 Å². The molecule has 1 aromatic carbocycles. The Labute approximate surface area is 114 Å². The van der Waals surface area contributed by atoms with E-state index < -0.39 is 5.41 Å². The minimum Gasteiger partial charge on any atom is -0.377 e. The maximum absolute atomic E-state index is 11.8. The van der Waals surface area contributed by atoms with Crippen molar-refractivity contribution in [3.63, 3.8) is 0 Å². The highest BCUT2D eigenvalue weighted by molar-refractivity contribution is 9.10. The number of nitriles is 1. The molecule has 0 spiro atoms. The maximum atomic E-state index is 11.8. The molecule has 4 nitrogen and oxygen atoms in total. The number of hydrogen-bond donors (Lipinski definition) is 1. The fourth-order valence-corrected chi connectivity index (χ4v) is 2.18. The number of ether oxygens (including phenoxy) is 1. The SMILES string of the molecule is N#CC1(C(=O)NCCc2cccc(Br)c2)COC1. The van der Waals surface area contributed by atoms with Crippen molar-refractivity contribution in [2.24, 2.45) is 5.41 Å². The third-order valence-electron chi connectivity index (χ3n) is 2.93. The van der Waals surface area contributed by atoms with Gasteiger partial charge >= 0.3 is 0 Å². The molecule has 1 heterocycles. The van der Waals surface area contributed by atoms with Gasteiger partial charge in [-0.2, -0.15) is 5.26 Å². The molecule has 0 bridgehead atoms. The van der Waals surface area contributed by atoms with Crippen LogP contribution in [0.3, 0.4) is 0 Å². The fraction of sp³-hybridized carbons (Fsp3) is 0.385. The normalized spacial score (nSPS) is 16.4. The largest absolute Gasteiger partial charge is 0.377 e. The summed E-state index contributed by atoms with van der Waals surface area (Å²) in [7, 11) is 0. The summed E-state index contributed by atoms with van der Waals surface area (Å²) in [5, 5.41) is 11.8. The Bertz CT molecular complexity index is 492. The van der Waals surface area contributed by atoms with Crippen LogP contribution in [0.4, 0.5) is 0 Å². The number of nitrogens with one attached hydrogen (secondary N) is 1. The lowest BCUT2D eigenvalue weighted by Gasteiger charge is -2.33. The van der Waals surface area contributed by atoms with Crippen LogP contribution in [-0.4, -0.2) is 25.7 Å². The third kappa shape index (κ3) is 2.71. The average molecular weight is 309 g/mol. The zero-order valence-electron chi connectivity index (χ0n) is 9.78. The number of nitrogens with zero attached hydrogens (tertiary/aromatic N) is 1. The lowest BCUT2D eigenvalue weighted by atomic mass is 9.87. The number of carbonyl (C=O) groups excluding carboxylic acids is 1. The molecule has 94 valence electrons. The molecule has 0 aromatic heterocycles. The Balaban J connectivity index is 1.82. The molecule has 0 unspecified atom stereocenters. The van der Waals surface area contributed by atoms with E-state index in [9.17, 15) is 4.79 Å². The van der Waals surface area contributed by atoms with Crippen LogP contribution in [0.25, 0.3) is 0 Å². The molecule has 1 fully saturated rings. The van der Waals surface area contributed by atoms with Crippen LogP contribution in [0.15, 0.2) is 28.7 Å². The summed E-state index contributed by atoms with van der Waals surface area (Å²) in [4.78, 5) is 11.8. The number of benzene rings is 1. The van der Waals surface area contributed by atoms with Crippen molar-refractivity contribution >= 4 is 21.8 Å². The van der Waals surface area contributed by atoms with E-state index in [2.05, 4.69) is 21.2 Å². The first kappa shape index (κ1) is 13.1. The predicted octanol–water partition coefficient (Wildman–Crippen LogP) is 1.65. The Morgan fingerprint density at radius 1 is 1.56 bits per heavy atom. The van der Waals surface area contributed by atoms with E-state index in [4.69, 9.17) is 10.00 Å². The minimum atomic E-state index is -0.961. The van der Waals surface area contributed by atoms with E-state index in [1.54, 1.807) is 0 Å². The standard InChI is InChI=1S/C13H13BrN2O2/c14-11-3-1-2-10(6-11)4-5-16-12(17)13(7-15)8-18-9-13/h1-3,6H,4-5,8-9H2,(H,16,17). The summed E-state index contributed by atoms with van der Waals surface area (Å²) in [6.45, 7) is 0.928. The molecule has 1 N–H and O–H groups in total. The van der Waals surface area contributed by atoms with Crippen LogP contribution in [0.5, 0.6) is 0 Å². The van der Waals surface area contributed by atoms with Crippen LogP contribution in [0.2, 0.25) is 0 Å². The zero-order valence-corrected chi connectivity index (χ0v) is 11.4. The van der Waals surface area contributed by atoms with E-state index in [1.807, 2.05) is 30.3 Å². The van der Waals surface area contributed by atoms with Crippen molar-refractivity contribution in [3.05, 3.63) is 34.3 Å². The van der Waals surface area contributed by atoms with Gasteiger partial charge in [-0.25, -0.2) is 0 Å². The highest BCUT2D eigenvalue weighted by Gasteiger charge is 2.46. The van der Waals surface area contributed by atoms with Gasteiger partial charge in [-0.1, -0.05) is 28.1 Å². The zero-order chi connectivity index (χ0) is 13.0. The number of amides is 1. The smallest absolute Gasteiger partial charge is 0.245 e.